The van der Waals surface area contributed by atoms with E-state index in [1.54, 1.807) is 36.4 Å². The van der Waals surface area contributed by atoms with Crippen LogP contribution in [0.3, 0.4) is 0 Å². The number of amides is 5. The summed E-state index contributed by atoms with van der Waals surface area (Å²) in [7, 11) is 0. The Morgan fingerprint density at radius 2 is 0.648 bits per heavy atom. The molecular formula is C88H91N11O6. The van der Waals surface area contributed by atoms with Crippen molar-refractivity contribution in [3.63, 3.8) is 0 Å². The van der Waals surface area contributed by atoms with Gasteiger partial charge in [-0.15, -0.1) is 0 Å². The van der Waals surface area contributed by atoms with E-state index in [1.807, 2.05) is 65.8 Å². The van der Waals surface area contributed by atoms with Gasteiger partial charge in [0.25, 0.3) is 17.7 Å². The first-order valence-electron chi connectivity index (χ1n) is 35.5. The van der Waals surface area contributed by atoms with E-state index >= 15 is 0 Å². The summed E-state index contributed by atoms with van der Waals surface area (Å²) >= 11 is 0. The fourth-order valence-electron chi connectivity index (χ4n) is 12.7. The number of pyridine rings is 2. The van der Waals surface area contributed by atoms with Crippen LogP contribution in [0.2, 0.25) is 0 Å². The Morgan fingerprint density at radius 3 is 0.952 bits per heavy atom. The normalized spacial score (nSPS) is 12.4. The van der Waals surface area contributed by atoms with Crippen LogP contribution in [0.4, 0.5) is 29.0 Å². The van der Waals surface area contributed by atoms with E-state index in [9.17, 15) is 24.0 Å². The van der Waals surface area contributed by atoms with Gasteiger partial charge in [-0.1, -0.05) is 201 Å². The number of aromatic amines is 2. The van der Waals surface area contributed by atoms with Crippen LogP contribution in [0, 0.1) is 10.8 Å². The van der Waals surface area contributed by atoms with Gasteiger partial charge in [0, 0.05) is 74.0 Å². The maximum Gasteiger partial charge on any atom is 0.262 e. The highest BCUT2D eigenvalue weighted by molar-refractivity contribution is 6.09. The fraction of sp³-hybridized carbons (Fsp3) is 0.261. The second kappa shape index (κ2) is 29.1. The number of anilines is 5. The highest BCUT2D eigenvalue weighted by Gasteiger charge is 2.25. The SMILES string of the molecule is CC(C)(C)CC(=O)Nc1cccc(NC(=O)c2cc(OCC(=O)Nc3ccc(-c4c5nc(c(-c6ccc(C(C)(C)C)cc6)c6ccc([nH]6)c(-c6ccc(C(C)(C)C)cc6)c6nc(c(-c7ccc(C(C)(C)C)cc7)c7ccc4[nH]7)C=C6)C=C5)cc3)cc(C(=O)Nc3cccc(NC(=O)CC(C)(C)C)n3)c2)n1. The van der Waals surface area contributed by atoms with Gasteiger partial charge in [0.2, 0.25) is 11.8 Å². The Balaban J connectivity index is 0.904. The molecule has 5 aromatic carbocycles. The van der Waals surface area contributed by atoms with Crippen molar-refractivity contribution in [3.8, 4) is 50.3 Å². The average Bonchev–Trinajstić information content (AvgIpc) is 1.64. The van der Waals surface area contributed by atoms with E-state index in [2.05, 4.69) is 230 Å². The molecule has 0 spiro atoms. The van der Waals surface area contributed by atoms with Gasteiger partial charge in [-0.2, -0.15) is 0 Å². The summed E-state index contributed by atoms with van der Waals surface area (Å²) in [5.41, 5.74) is 17.3. The molecule has 2 aliphatic heterocycles. The van der Waals surface area contributed by atoms with Crippen molar-refractivity contribution in [1.82, 2.24) is 29.9 Å². The van der Waals surface area contributed by atoms with Crippen LogP contribution in [0.25, 0.3) is 90.9 Å². The van der Waals surface area contributed by atoms with Crippen LogP contribution in [-0.4, -0.2) is 66.0 Å². The zero-order valence-electron chi connectivity index (χ0n) is 62.4. The Bertz CT molecular complexity index is 5100. The van der Waals surface area contributed by atoms with Crippen molar-refractivity contribution in [1.29, 1.82) is 0 Å². The maximum atomic E-state index is 14.2. The van der Waals surface area contributed by atoms with Crippen molar-refractivity contribution in [2.45, 2.75) is 133 Å². The highest BCUT2D eigenvalue weighted by atomic mass is 16.5. The number of nitrogens with zero attached hydrogens (tertiary/aromatic N) is 4. The number of carbonyl (C=O) groups excluding carboxylic acids is 5. The molecule has 0 unspecified atom stereocenters. The Kier molecular flexibility index (Phi) is 20.2. The third-order valence-corrected chi connectivity index (χ3v) is 18.0. The number of nitrogens with one attached hydrogen (secondary N) is 7. The van der Waals surface area contributed by atoms with E-state index < -0.39 is 24.3 Å². The van der Waals surface area contributed by atoms with Crippen LogP contribution in [0.15, 0.2) is 176 Å². The van der Waals surface area contributed by atoms with E-state index in [4.69, 9.17) is 14.7 Å². The minimum Gasteiger partial charge on any atom is -0.484 e. The summed E-state index contributed by atoms with van der Waals surface area (Å²) in [6.07, 6.45) is 8.85. The molecule has 12 rings (SSSR count). The molecule has 0 saturated carbocycles. The lowest BCUT2D eigenvalue weighted by Crippen LogP contribution is -2.22. The number of rotatable bonds is 16. The molecule has 8 bridgehead atoms. The predicted molar refractivity (Wildman–Crippen MR) is 427 cm³/mol. The first kappa shape index (κ1) is 72.9. The van der Waals surface area contributed by atoms with Crippen LogP contribution in [-0.2, 0) is 30.6 Å². The van der Waals surface area contributed by atoms with Crippen molar-refractivity contribution in [3.05, 3.63) is 227 Å². The molecule has 0 radical (unpaired) electrons. The van der Waals surface area contributed by atoms with Gasteiger partial charge in [0.15, 0.2) is 6.61 Å². The zero-order chi connectivity index (χ0) is 74.9. The zero-order valence-corrected chi connectivity index (χ0v) is 62.4. The summed E-state index contributed by atoms with van der Waals surface area (Å²) < 4.78 is 6.13. The fourth-order valence-corrected chi connectivity index (χ4v) is 12.7. The number of hydrogen-bond donors (Lipinski definition) is 7. The van der Waals surface area contributed by atoms with Crippen LogP contribution >= 0.6 is 0 Å². The monoisotopic (exact) mass is 1400 g/mol. The number of aromatic nitrogens is 6. The average molecular weight is 1400 g/mol. The Labute approximate surface area is 614 Å². The van der Waals surface area contributed by atoms with E-state index in [0.29, 0.717) is 11.4 Å². The molecule has 17 nitrogen and oxygen atoms in total. The Hall–Kier alpha value is -11.9. The summed E-state index contributed by atoms with van der Waals surface area (Å²) in [4.78, 5) is 95.9. The summed E-state index contributed by atoms with van der Waals surface area (Å²) in [6.45, 7) is 31.2. The Morgan fingerprint density at radius 1 is 0.343 bits per heavy atom. The number of hydrogen-bond acceptors (Lipinski definition) is 10. The number of ether oxygens (including phenoxy) is 1. The number of fused-ring (bicyclic) bond motifs is 8. The molecule has 7 N–H and O–H groups in total. The van der Waals surface area contributed by atoms with Crippen molar-refractivity contribution >= 4 is 105 Å². The molecule has 17 heteroatoms. The molecule has 534 valence electrons. The first-order chi connectivity index (χ1) is 49.6. The minimum atomic E-state index is -0.664. The summed E-state index contributed by atoms with van der Waals surface area (Å²) in [6, 6.07) is 56.2. The summed E-state index contributed by atoms with van der Waals surface area (Å²) in [5.74, 6) is -1.59. The largest absolute Gasteiger partial charge is 0.484 e. The third kappa shape index (κ3) is 17.8. The van der Waals surface area contributed by atoms with Crippen LogP contribution in [0.1, 0.15) is 177 Å². The van der Waals surface area contributed by atoms with Gasteiger partial charge in [-0.3, -0.25) is 24.0 Å². The molecule has 5 amide bonds. The quantitative estimate of drug-likeness (QED) is 0.0483. The van der Waals surface area contributed by atoms with Gasteiger partial charge in [0.05, 0.1) is 22.8 Å². The van der Waals surface area contributed by atoms with Crippen molar-refractivity contribution in [2.75, 3.05) is 33.2 Å². The molecule has 0 aliphatic carbocycles. The number of H-pyrrole nitrogens is 2. The summed E-state index contributed by atoms with van der Waals surface area (Å²) in [5, 5.41) is 14.1. The second-order valence-electron chi connectivity index (χ2n) is 32.4. The van der Waals surface area contributed by atoms with Gasteiger partial charge in [-0.05, 0) is 169 Å². The number of benzene rings is 5. The molecular weight excluding hydrogens is 1310 g/mol. The lowest BCUT2D eigenvalue weighted by molar-refractivity contribution is -0.118. The van der Waals surface area contributed by atoms with Gasteiger partial charge >= 0.3 is 0 Å². The van der Waals surface area contributed by atoms with E-state index in [0.717, 1.165) is 83.7 Å². The van der Waals surface area contributed by atoms with Crippen LogP contribution < -0.4 is 31.3 Å². The van der Waals surface area contributed by atoms with Gasteiger partial charge in [0.1, 0.15) is 29.0 Å². The van der Waals surface area contributed by atoms with E-state index in [1.165, 1.54) is 34.9 Å². The molecule has 2 aliphatic rings. The molecule has 105 heavy (non-hydrogen) atoms. The topological polar surface area (TPSA) is 238 Å². The van der Waals surface area contributed by atoms with E-state index in [-0.39, 0.29) is 91.9 Å². The van der Waals surface area contributed by atoms with Gasteiger partial charge in [-0.25, -0.2) is 19.9 Å². The predicted octanol–water partition coefficient (Wildman–Crippen LogP) is 20.3. The second-order valence-corrected chi connectivity index (χ2v) is 32.4. The van der Waals surface area contributed by atoms with Crippen LogP contribution in [0.5, 0.6) is 5.75 Å². The standard InChI is InChI=1S/C88H91N11O6/c1-84(2,3)49-75(100)96-71-18-16-20-73(94-71)98-82(103)56-46-57(83(104)99-74-21-17-19-72(95-74)97-76(101)50-85(4,5)6)48-62(47-56)105-51-77(102)89-61-36-28-55(29-37-61)81-69-44-42-67(92-69)79(53-24-32-59(33-25-53)87(10,11)12)65-40-38-63(90-65)78(52-22-30-58(31-23-52)86(7,8)9)64-39-41-66(91-64)80(68-43-45-70(81)93-68)54-26-34-60(35-27-54)88(13,14)15/h16-48,90,93H,49-51H2,1-15H3,(H,89,102)(H2,94,96,98,100,103)(H2,95,97,99,101,104). The maximum absolute atomic E-state index is 14.2. The molecule has 5 aromatic heterocycles. The smallest absolute Gasteiger partial charge is 0.262 e. The molecule has 10 aromatic rings. The third-order valence-electron chi connectivity index (χ3n) is 18.0. The van der Waals surface area contributed by atoms with Gasteiger partial charge < -0.3 is 41.3 Å². The lowest BCUT2D eigenvalue weighted by atomic mass is 9.86. The number of carbonyl (C=O) groups is 5. The minimum absolute atomic E-state index is 0.00983. The molecule has 0 saturated heterocycles. The molecule has 0 atom stereocenters. The lowest BCUT2D eigenvalue weighted by Gasteiger charge is -2.19. The van der Waals surface area contributed by atoms with Crippen molar-refractivity contribution < 1.29 is 28.7 Å². The van der Waals surface area contributed by atoms with Crippen molar-refractivity contribution in [2.24, 2.45) is 10.8 Å². The first-order valence-corrected chi connectivity index (χ1v) is 35.5. The molecule has 7 heterocycles. The highest BCUT2D eigenvalue weighted by Crippen LogP contribution is 2.41. The molecule has 0 fully saturated rings.